The molecule has 0 N–H and O–H groups in total. The van der Waals surface area contributed by atoms with Gasteiger partial charge in [0.25, 0.3) is 0 Å². The van der Waals surface area contributed by atoms with Crippen LogP contribution in [0.15, 0.2) is 40.5 Å². The molecule has 5 nitrogen and oxygen atoms in total. The number of rotatable bonds is 2. The van der Waals surface area contributed by atoms with Gasteiger partial charge in [-0.2, -0.15) is 0 Å². The summed E-state index contributed by atoms with van der Waals surface area (Å²) in [5.74, 6) is 2.17. The number of carbonyl (C=O) groups is 1. The minimum atomic E-state index is 0.301. The number of benzene rings is 1. The summed E-state index contributed by atoms with van der Waals surface area (Å²) in [5.41, 5.74) is 3.26. The van der Waals surface area contributed by atoms with Crippen LogP contribution in [0.1, 0.15) is 32.1 Å². The SMILES string of the molecule is COc1cccc(N2CCN(C3=NC4=C(CCCC4)C(=O)C3)CC2)c1. The minimum absolute atomic E-state index is 0.301. The molecule has 25 heavy (non-hydrogen) atoms. The van der Waals surface area contributed by atoms with Crippen molar-refractivity contribution >= 4 is 17.3 Å². The Kier molecular flexibility index (Phi) is 4.47. The van der Waals surface area contributed by atoms with E-state index in [1.165, 1.54) is 5.69 Å². The Hall–Kier alpha value is -2.30. The highest BCUT2D eigenvalue weighted by Crippen LogP contribution is 2.31. The van der Waals surface area contributed by atoms with Gasteiger partial charge < -0.3 is 14.5 Å². The molecule has 0 radical (unpaired) electrons. The Bertz CT molecular complexity index is 730. The number of anilines is 1. The van der Waals surface area contributed by atoms with Gasteiger partial charge >= 0.3 is 0 Å². The van der Waals surface area contributed by atoms with Crippen LogP contribution in [0.2, 0.25) is 0 Å². The number of hydrogen-bond donors (Lipinski definition) is 0. The smallest absolute Gasteiger partial charge is 0.168 e. The number of piperazine rings is 1. The van der Waals surface area contributed by atoms with E-state index in [4.69, 9.17) is 9.73 Å². The van der Waals surface area contributed by atoms with E-state index in [1.807, 2.05) is 12.1 Å². The molecule has 2 aliphatic heterocycles. The number of carbonyl (C=O) groups excluding carboxylic acids is 1. The maximum Gasteiger partial charge on any atom is 0.168 e. The van der Waals surface area contributed by atoms with E-state index >= 15 is 0 Å². The van der Waals surface area contributed by atoms with Crippen molar-refractivity contribution in [3.05, 3.63) is 35.5 Å². The van der Waals surface area contributed by atoms with Gasteiger partial charge in [0, 0.05) is 49.2 Å². The van der Waals surface area contributed by atoms with E-state index in [0.717, 1.165) is 74.7 Å². The number of methoxy groups -OCH3 is 1. The third kappa shape index (κ3) is 3.28. The predicted octanol–water partition coefficient (Wildman–Crippen LogP) is 3.02. The maximum atomic E-state index is 12.4. The molecule has 0 aromatic heterocycles. The fourth-order valence-corrected chi connectivity index (χ4v) is 3.97. The summed E-state index contributed by atoms with van der Waals surface area (Å²) in [6, 6.07) is 8.20. The van der Waals surface area contributed by atoms with Crippen molar-refractivity contribution < 1.29 is 9.53 Å². The third-order valence-electron chi connectivity index (χ3n) is 5.42. The van der Waals surface area contributed by atoms with Crippen LogP contribution in [0.4, 0.5) is 5.69 Å². The van der Waals surface area contributed by atoms with Crippen molar-refractivity contribution in [2.24, 2.45) is 4.99 Å². The zero-order valence-electron chi connectivity index (χ0n) is 14.8. The van der Waals surface area contributed by atoms with Crippen LogP contribution < -0.4 is 9.64 Å². The third-order valence-corrected chi connectivity index (χ3v) is 5.42. The van der Waals surface area contributed by atoms with E-state index in [1.54, 1.807) is 7.11 Å². The summed E-state index contributed by atoms with van der Waals surface area (Å²) in [6.45, 7) is 3.69. The van der Waals surface area contributed by atoms with Gasteiger partial charge in [-0.3, -0.25) is 4.79 Å². The first-order chi connectivity index (χ1) is 12.2. The number of nitrogens with zero attached hydrogens (tertiary/aromatic N) is 3. The molecule has 0 bridgehead atoms. The molecule has 1 fully saturated rings. The number of ketones is 1. The molecule has 1 aromatic rings. The second-order valence-corrected chi connectivity index (χ2v) is 6.94. The Balaban J connectivity index is 1.44. The number of hydrogen-bond acceptors (Lipinski definition) is 5. The fraction of sp³-hybridized carbons (Fsp3) is 0.500. The van der Waals surface area contributed by atoms with E-state index in [-0.39, 0.29) is 0 Å². The van der Waals surface area contributed by atoms with Crippen molar-refractivity contribution in [1.29, 1.82) is 0 Å². The molecule has 3 aliphatic rings. The quantitative estimate of drug-likeness (QED) is 0.831. The monoisotopic (exact) mass is 339 g/mol. The largest absolute Gasteiger partial charge is 0.497 e. The van der Waals surface area contributed by atoms with Crippen LogP contribution in [-0.2, 0) is 4.79 Å². The first-order valence-electron chi connectivity index (χ1n) is 9.21. The number of ether oxygens (including phenoxy) is 1. The zero-order valence-corrected chi connectivity index (χ0v) is 14.8. The van der Waals surface area contributed by atoms with Crippen molar-refractivity contribution in [2.45, 2.75) is 32.1 Å². The second-order valence-electron chi connectivity index (χ2n) is 6.94. The van der Waals surface area contributed by atoms with Gasteiger partial charge in [0.1, 0.15) is 11.6 Å². The average Bonchev–Trinajstić information content (AvgIpc) is 2.68. The summed E-state index contributed by atoms with van der Waals surface area (Å²) in [4.78, 5) is 22.0. The van der Waals surface area contributed by atoms with Crippen LogP contribution in [0, 0.1) is 0 Å². The van der Waals surface area contributed by atoms with Gasteiger partial charge in [0.05, 0.1) is 13.5 Å². The van der Waals surface area contributed by atoms with Crippen molar-refractivity contribution in [2.75, 3.05) is 38.2 Å². The van der Waals surface area contributed by atoms with E-state index in [9.17, 15) is 4.79 Å². The van der Waals surface area contributed by atoms with Crippen LogP contribution in [0.3, 0.4) is 0 Å². The number of allylic oxidation sites excluding steroid dienone is 2. The number of amidine groups is 1. The predicted molar refractivity (Wildman–Crippen MR) is 99.3 cm³/mol. The number of aliphatic imine (C=N–C) groups is 1. The molecule has 4 rings (SSSR count). The molecule has 0 amide bonds. The van der Waals surface area contributed by atoms with Gasteiger partial charge in [-0.15, -0.1) is 0 Å². The topological polar surface area (TPSA) is 45.1 Å². The first kappa shape index (κ1) is 16.2. The molecule has 2 heterocycles. The highest BCUT2D eigenvalue weighted by Gasteiger charge is 2.29. The Labute approximate surface area is 149 Å². The lowest BCUT2D eigenvalue weighted by Gasteiger charge is -2.38. The molecular formula is C20H25N3O2. The van der Waals surface area contributed by atoms with Crippen LogP contribution in [0.5, 0.6) is 5.75 Å². The van der Waals surface area contributed by atoms with E-state index in [2.05, 4.69) is 21.9 Å². The first-order valence-corrected chi connectivity index (χ1v) is 9.21. The van der Waals surface area contributed by atoms with Gasteiger partial charge in [-0.1, -0.05) is 6.07 Å². The highest BCUT2D eigenvalue weighted by atomic mass is 16.5. The summed E-state index contributed by atoms with van der Waals surface area (Å²) >= 11 is 0. The molecule has 5 heteroatoms. The molecule has 1 aromatic carbocycles. The molecule has 0 spiro atoms. The lowest BCUT2D eigenvalue weighted by molar-refractivity contribution is -0.115. The molecule has 0 saturated carbocycles. The van der Waals surface area contributed by atoms with Crippen molar-refractivity contribution in [1.82, 2.24) is 4.90 Å². The fourth-order valence-electron chi connectivity index (χ4n) is 3.97. The van der Waals surface area contributed by atoms with Crippen molar-refractivity contribution in [3.8, 4) is 5.75 Å². The van der Waals surface area contributed by atoms with Crippen LogP contribution in [0.25, 0.3) is 0 Å². The normalized spacial score (nSPS) is 21.2. The lowest BCUT2D eigenvalue weighted by Crippen LogP contribution is -2.49. The van der Waals surface area contributed by atoms with Gasteiger partial charge in [-0.05, 0) is 37.8 Å². The van der Waals surface area contributed by atoms with E-state index in [0.29, 0.717) is 12.2 Å². The summed E-state index contributed by atoms with van der Waals surface area (Å²) in [5, 5.41) is 0. The highest BCUT2D eigenvalue weighted by molar-refractivity contribution is 6.11. The van der Waals surface area contributed by atoms with Gasteiger partial charge in [-0.25, -0.2) is 4.99 Å². The summed E-state index contributed by atoms with van der Waals surface area (Å²) in [6.07, 6.45) is 4.67. The van der Waals surface area contributed by atoms with Gasteiger partial charge in [0.15, 0.2) is 5.78 Å². The second kappa shape index (κ2) is 6.90. The lowest BCUT2D eigenvalue weighted by atomic mass is 9.90. The Morgan fingerprint density at radius 3 is 2.60 bits per heavy atom. The molecule has 1 saturated heterocycles. The molecular weight excluding hydrogens is 314 g/mol. The van der Waals surface area contributed by atoms with Gasteiger partial charge in [0.2, 0.25) is 0 Å². The van der Waals surface area contributed by atoms with E-state index < -0.39 is 0 Å². The maximum absolute atomic E-state index is 12.4. The number of Topliss-reactive ketones (excluding diaryl/α,β-unsaturated/α-hetero) is 1. The van der Waals surface area contributed by atoms with Crippen molar-refractivity contribution in [3.63, 3.8) is 0 Å². The van der Waals surface area contributed by atoms with Crippen LogP contribution in [-0.4, -0.2) is 49.8 Å². The Morgan fingerprint density at radius 2 is 1.80 bits per heavy atom. The molecule has 1 aliphatic carbocycles. The molecule has 0 atom stereocenters. The molecule has 132 valence electrons. The Morgan fingerprint density at radius 1 is 1.04 bits per heavy atom. The summed E-state index contributed by atoms with van der Waals surface area (Å²) < 4.78 is 5.33. The standard InChI is InChI=1S/C20H25N3O2/c1-25-16-6-4-5-15(13-16)22-9-11-23(12-10-22)20-14-19(24)17-7-2-3-8-18(17)21-20/h4-6,13H,2-3,7-12,14H2,1H3. The average molecular weight is 339 g/mol. The van der Waals surface area contributed by atoms with Crippen LogP contribution >= 0.6 is 0 Å². The summed E-state index contributed by atoms with van der Waals surface area (Å²) in [7, 11) is 1.70. The molecule has 0 unspecified atom stereocenters. The zero-order chi connectivity index (χ0) is 17.2. The minimum Gasteiger partial charge on any atom is -0.497 e.